The Morgan fingerprint density at radius 1 is 1.50 bits per heavy atom. The Balaban J connectivity index is 2.19. The Morgan fingerprint density at radius 2 is 2.31 bits per heavy atom. The molecule has 1 heterocycles. The highest BCUT2D eigenvalue weighted by atomic mass is 16.5. The minimum absolute atomic E-state index is 0.343. The number of para-hydroxylation sites is 1. The van der Waals surface area contributed by atoms with Gasteiger partial charge in [0.1, 0.15) is 5.75 Å². The zero-order chi connectivity index (χ0) is 11.4. The number of nitrogens with zero attached hydrogens (tertiary/aromatic N) is 1. The molecular formula is C12H17N3O. The highest BCUT2D eigenvalue weighted by Gasteiger charge is 2.18. The molecule has 86 valence electrons. The SMILES string of the molecule is CCOc1ccccc1C1CN=C(N)NC1. The van der Waals surface area contributed by atoms with Crippen LogP contribution in [0.15, 0.2) is 29.3 Å². The Kier molecular flexibility index (Phi) is 3.29. The van der Waals surface area contributed by atoms with Crippen molar-refractivity contribution in [1.82, 2.24) is 5.32 Å². The van der Waals surface area contributed by atoms with Gasteiger partial charge in [0.25, 0.3) is 0 Å². The van der Waals surface area contributed by atoms with Crippen LogP contribution in [0.25, 0.3) is 0 Å². The molecule has 2 rings (SSSR count). The summed E-state index contributed by atoms with van der Waals surface area (Å²) in [7, 11) is 0. The van der Waals surface area contributed by atoms with E-state index in [0.717, 1.165) is 18.8 Å². The van der Waals surface area contributed by atoms with Crippen LogP contribution < -0.4 is 15.8 Å². The van der Waals surface area contributed by atoms with Gasteiger partial charge >= 0.3 is 0 Å². The van der Waals surface area contributed by atoms with Crippen molar-refractivity contribution in [1.29, 1.82) is 0 Å². The third-order valence-corrected chi connectivity index (χ3v) is 2.67. The molecule has 1 aromatic carbocycles. The first kappa shape index (κ1) is 10.8. The summed E-state index contributed by atoms with van der Waals surface area (Å²) in [6, 6.07) is 8.11. The van der Waals surface area contributed by atoms with Crippen molar-refractivity contribution in [3.05, 3.63) is 29.8 Å². The second-order valence-corrected chi connectivity index (χ2v) is 3.77. The molecule has 1 aliphatic heterocycles. The summed E-state index contributed by atoms with van der Waals surface area (Å²) in [5, 5.41) is 3.07. The van der Waals surface area contributed by atoms with Gasteiger partial charge in [-0.25, -0.2) is 0 Å². The minimum atomic E-state index is 0.343. The Bertz CT molecular complexity index is 390. The highest BCUT2D eigenvalue weighted by Crippen LogP contribution is 2.27. The first-order valence-electron chi connectivity index (χ1n) is 5.56. The van der Waals surface area contributed by atoms with E-state index in [-0.39, 0.29) is 0 Å². The molecule has 1 aliphatic rings. The maximum absolute atomic E-state index is 5.61. The quantitative estimate of drug-likeness (QED) is 0.800. The standard InChI is InChI=1S/C12H17N3O/c1-2-16-11-6-4-3-5-10(11)9-7-14-12(13)15-8-9/h3-6,9H,2,7-8H2,1H3,(H3,13,14,15). The van der Waals surface area contributed by atoms with Crippen molar-refractivity contribution in [3.63, 3.8) is 0 Å². The molecule has 0 fully saturated rings. The van der Waals surface area contributed by atoms with Crippen LogP contribution in [-0.2, 0) is 0 Å². The smallest absolute Gasteiger partial charge is 0.188 e. The van der Waals surface area contributed by atoms with E-state index in [0.29, 0.717) is 18.5 Å². The number of benzene rings is 1. The van der Waals surface area contributed by atoms with Gasteiger partial charge in [0.05, 0.1) is 13.2 Å². The second-order valence-electron chi connectivity index (χ2n) is 3.77. The second kappa shape index (κ2) is 4.88. The summed E-state index contributed by atoms with van der Waals surface area (Å²) in [6.07, 6.45) is 0. The molecule has 1 unspecified atom stereocenters. The van der Waals surface area contributed by atoms with Gasteiger partial charge in [-0.15, -0.1) is 0 Å². The van der Waals surface area contributed by atoms with E-state index < -0.39 is 0 Å². The zero-order valence-electron chi connectivity index (χ0n) is 9.44. The maximum Gasteiger partial charge on any atom is 0.188 e. The topological polar surface area (TPSA) is 59.6 Å². The number of nitrogens with one attached hydrogen (secondary N) is 1. The number of ether oxygens (including phenoxy) is 1. The van der Waals surface area contributed by atoms with Crippen molar-refractivity contribution < 1.29 is 4.74 Å². The Hall–Kier alpha value is -1.71. The lowest BCUT2D eigenvalue weighted by molar-refractivity contribution is 0.333. The normalized spacial score (nSPS) is 19.8. The van der Waals surface area contributed by atoms with Crippen molar-refractivity contribution >= 4 is 5.96 Å². The predicted molar refractivity (Wildman–Crippen MR) is 64.8 cm³/mol. The number of hydrogen-bond donors (Lipinski definition) is 2. The van der Waals surface area contributed by atoms with Crippen molar-refractivity contribution in [2.75, 3.05) is 19.7 Å². The molecule has 0 saturated heterocycles. The summed E-state index contributed by atoms with van der Waals surface area (Å²) in [5.41, 5.74) is 6.78. The van der Waals surface area contributed by atoms with E-state index in [1.54, 1.807) is 0 Å². The maximum atomic E-state index is 5.61. The molecule has 0 bridgehead atoms. The van der Waals surface area contributed by atoms with E-state index in [1.165, 1.54) is 5.56 Å². The largest absolute Gasteiger partial charge is 0.494 e. The summed E-state index contributed by atoms with van der Waals surface area (Å²) in [5.74, 6) is 1.83. The molecular weight excluding hydrogens is 202 g/mol. The number of rotatable bonds is 3. The van der Waals surface area contributed by atoms with Crippen LogP contribution in [0.5, 0.6) is 5.75 Å². The lowest BCUT2D eigenvalue weighted by Crippen LogP contribution is -2.39. The third-order valence-electron chi connectivity index (χ3n) is 2.67. The fourth-order valence-corrected chi connectivity index (χ4v) is 1.87. The van der Waals surface area contributed by atoms with Crippen molar-refractivity contribution in [2.45, 2.75) is 12.8 Å². The van der Waals surface area contributed by atoms with Crippen LogP contribution in [0.4, 0.5) is 0 Å². The van der Waals surface area contributed by atoms with Gasteiger partial charge in [-0.2, -0.15) is 0 Å². The number of nitrogens with two attached hydrogens (primary N) is 1. The zero-order valence-corrected chi connectivity index (χ0v) is 9.44. The lowest BCUT2D eigenvalue weighted by Gasteiger charge is -2.23. The van der Waals surface area contributed by atoms with Gasteiger partial charge < -0.3 is 15.8 Å². The van der Waals surface area contributed by atoms with Gasteiger partial charge in [0, 0.05) is 18.0 Å². The number of hydrogen-bond acceptors (Lipinski definition) is 4. The molecule has 1 atom stereocenters. The van der Waals surface area contributed by atoms with Gasteiger partial charge in [0.15, 0.2) is 5.96 Å². The van der Waals surface area contributed by atoms with E-state index in [2.05, 4.69) is 16.4 Å². The van der Waals surface area contributed by atoms with Crippen molar-refractivity contribution in [3.8, 4) is 5.75 Å². The van der Waals surface area contributed by atoms with Gasteiger partial charge in [0.2, 0.25) is 0 Å². The molecule has 3 N–H and O–H groups in total. The first-order chi connectivity index (χ1) is 7.81. The molecule has 0 aromatic heterocycles. The summed E-state index contributed by atoms with van der Waals surface area (Å²) >= 11 is 0. The van der Waals surface area contributed by atoms with Crippen LogP contribution in [-0.4, -0.2) is 25.7 Å². The van der Waals surface area contributed by atoms with E-state index in [4.69, 9.17) is 10.5 Å². The van der Waals surface area contributed by atoms with E-state index >= 15 is 0 Å². The van der Waals surface area contributed by atoms with Crippen LogP contribution in [0.3, 0.4) is 0 Å². The predicted octanol–water partition coefficient (Wildman–Crippen LogP) is 1.09. The first-order valence-corrected chi connectivity index (χ1v) is 5.56. The number of guanidine groups is 1. The minimum Gasteiger partial charge on any atom is -0.494 e. The Labute approximate surface area is 95.5 Å². The van der Waals surface area contributed by atoms with E-state index in [1.807, 2.05) is 25.1 Å². The average Bonchev–Trinajstić information content (AvgIpc) is 2.32. The third kappa shape index (κ3) is 2.27. The summed E-state index contributed by atoms with van der Waals surface area (Å²) < 4.78 is 5.61. The average molecular weight is 219 g/mol. The number of aliphatic imine (C=N–C) groups is 1. The molecule has 0 amide bonds. The van der Waals surface area contributed by atoms with Gasteiger partial charge in [-0.1, -0.05) is 18.2 Å². The van der Waals surface area contributed by atoms with Crippen LogP contribution >= 0.6 is 0 Å². The molecule has 16 heavy (non-hydrogen) atoms. The fraction of sp³-hybridized carbons (Fsp3) is 0.417. The summed E-state index contributed by atoms with van der Waals surface area (Å²) in [6.45, 7) is 4.22. The highest BCUT2D eigenvalue weighted by molar-refractivity contribution is 5.78. The monoisotopic (exact) mass is 219 g/mol. The molecule has 0 spiro atoms. The lowest BCUT2D eigenvalue weighted by atomic mass is 9.97. The molecule has 4 heteroatoms. The van der Waals surface area contributed by atoms with Crippen LogP contribution in [0, 0.1) is 0 Å². The van der Waals surface area contributed by atoms with Crippen molar-refractivity contribution in [2.24, 2.45) is 10.7 Å². The van der Waals surface area contributed by atoms with Gasteiger partial charge in [-0.3, -0.25) is 4.99 Å². The van der Waals surface area contributed by atoms with E-state index in [9.17, 15) is 0 Å². The molecule has 0 saturated carbocycles. The van der Waals surface area contributed by atoms with Crippen LogP contribution in [0.2, 0.25) is 0 Å². The van der Waals surface area contributed by atoms with Crippen LogP contribution in [0.1, 0.15) is 18.4 Å². The molecule has 1 aromatic rings. The molecule has 4 nitrogen and oxygen atoms in total. The van der Waals surface area contributed by atoms with Gasteiger partial charge in [-0.05, 0) is 13.0 Å². The summed E-state index contributed by atoms with van der Waals surface area (Å²) in [4.78, 5) is 4.22. The Morgan fingerprint density at radius 3 is 3.00 bits per heavy atom. The molecule has 0 aliphatic carbocycles. The molecule has 0 radical (unpaired) electrons. The fourth-order valence-electron chi connectivity index (χ4n) is 1.87.